The molecule has 0 fully saturated rings. The zero-order valence-electron chi connectivity index (χ0n) is 7.52. The molecule has 0 saturated carbocycles. The Bertz CT molecular complexity index is 157. The second-order valence-electron chi connectivity index (χ2n) is 2.47. The molecule has 0 bridgehead atoms. The molecule has 0 aromatic carbocycles. The first-order chi connectivity index (χ1) is 5.83. The average molecular weight is 174 g/mol. The molecule has 0 aromatic rings. The molecule has 0 unspecified atom stereocenters. The summed E-state index contributed by atoms with van der Waals surface area (Å²) >= 11 is 0. The van der Waals surface area contributed by atoms with E-state index in [1.54, 1.807) is 33.7 Å². The fraction of sp³-hybridized carbons (Fsp3) is 0.750. The van der Waals surface area contributed by atoms with Crippen LogP contribution in [0.3, 0.4) is 0 Å². The number of methoxy groups -OCH3 is 3. The van der Waals surface area contributed by atoms with E-state index in [0.29, 0.717) is 0 Å². The van der Waals surface area contributed by atoms with E-state index in [4.69, 9.17) is 18.9 Å². The summed E-state index contributed by atoms with van der Waals surface area (Å²) in [5.74, 6) is 0. The van der Waals surface area contributed by atoms with Gasteiger partial charge in [-0.3, -0.25) is 0 Å². The van der Waals surface area contributed by atoms with Gasteiger partial charge in [0.2, 0.25) is 6.29 Å². The Hall–Kier alpha value is -0.580. The molecule has 0 spiro atoms. The van der Waals surface area contributed by atoms with E-state index in [1.165, 1.54) is 0 Å². The molecule has 0 aliphatic carbocycles. The predicted octanol–water partition coefficient (Wildman–Crippen LogP) is 0.533. The van der Waals surface area contributed by atoms with Crippen molar-refractivity contribution in [2.75, 3.05) is 21.3 Å². The van der Waals surface area contributed by atoms with Gasteiger partial charge in [0.25, 0.3) is 0 Å². The van der Waals surface area contributed by atoms with Crippen LogP contribution in [-0.2, 0) is 18.9 Å². The van der Waals surface area contributed by atoms with Crippen LogP contribution in [0.15, 0.2) is 12.3 Å². The summed E-state index contributed by atoms with van der Waals surface area (Å²) in [6.45, 7) is 0. The summed E-state index contributed by atoms with van der Waals surface area (Å²) in [6.07, 6.45) is 2.67. The molecule has 1 rings (SSSR count). The molecule has 0 N–H and O–H groups in total. The van der Waals surface area contributed by atoms with Gasteiger partial charge in [0.1, 0.15) is 12.2 Å². The number of hydrogen-bond acceptors (Lipinski definition) is 4. The zero-order valence-corrected chi connectivity index (χ0v) is 7.52. The van der Waals surface area contributed by atoms with Gasteiger partial charge in [0.05, 0.1) is 6.26 Å². The maximum atomic E-state index is 5.17. The van der Waals surface area contributed by atoms with E-state index >= 15 is 0 Å². The molecule has 0 amide bonds. The summed E-state index contributed by atoms with van der Waals surface area (Å²) in [6, 6.07) is 0. The monoisotopic (exact) mass is 174 g/mol. The van der Waals surface area contributed by atoms with Crippen LogP contribution in [0.5, 0.6) is 0 Å². The van der Waals surface area contributed by atoms with E-state index in [2.05, 4.69) is 0 Å². The topological polar surface area (TPSA) is 36.9 Å². The van der Waals surface area contributed by atoms with Crippen LogP contribution in [0, 0.1) is 0 Å². The lowest BCUT2D eigenvalue weighted by molar-refractivity contribution is -0.195. The third kappa shape index (κ3) is 1.77. The van der Waals surface area contributed by atoms with Crippen molar-refractivity contribution < 1.29 is 18.9 Å². The summed E-state index contributed by atoms with van der Waals surface area (Å²) in [5.41, 5.74) is 0. The van der Waals surface area contributed by atoms with E-state index in [1.807, 2.05) is 0 Å². The Morgan fingerprint density at radius 1 is 1.08 bits per heavy atom. The minimum Gasteiger partial charge on any atom is -0.470 e. The third-order valence-corrected chi connectivity index (χ3v) is 1.85. The SMILES string of the molecule is CO[C@H]1OC=C[C@@H](OC)[C@@H]1OC. The lowest BCUT2D eigenvalue weighted by Gasteiger charge is -2.31. The second-order valence-corrected chi connectivity index (χ2v) is 2.47. The number of ether oxygens (including phenoxy) is 4. The van der Waals surface area contributed by atoms with Gasteiger partial charge in [-0.1, -0.05) is 0 Å². The molecule has 1 aliphatic rings. The van der Waals surface area contributed by atoms with Crippen molar-refractivity contribution in [3.63, 3.8) is 0 Å². The molecule has 70 valence electrons. The molecule has 1 heterocycles. The molecule has 1 aliphatic heterocycles. The zero-order chi connectivity index (χ0) is 8.97. The fourth-order valence-corrected chi connectivity index (χ4v) is 1.19. The summed E-state index contributed by atoms with van der Waals surface area (Å²) in [5, 5.41) is 0. The Balaban J connectivity index is 2.63. The van der Waals surface area contributed by atoms with E-state index in [-0.39, 0.29) is 18.5 Å². The Labute approximate surface area is 72.1 Å². The largest absolute Gasteiger partial charge is 0.470 e. The van der Waals surface area contributed by atoms with Gasteiger partial charge in [-0.25, -0.2) is 0 Å². The highest BCUT2D eigenvalue weighted by Gasteiger charge is 2.32. The molecular weight excluding hydrogens is 160 g/mol. The van der Waals surface area contributed by atoms with Crippen LogP contribution >= 0.6 is 0 Å². The minimum atomic E-state index is -0.384. The van der Waals surface area contributed by atoms with Crippen molar-refractivity contribution in [1.29, 1.82) is 0 Å². The molecule has 0 saturated heterocycles. The summed E-state index contributed by atoms with van der Waals surface area (Å²) in [7, 11) is 4.80. The highest BCUT2D eigenvalue weighted by molar-refractivity contribution is 4.96. The lowest BCUT2D eigenvalue weighted by Crippen LogP contribution is -2.43. The van der Waals surface area contributed by atoms with Crippen molar-refractivity contribution in [2.24, 2.45) is 0 Å². The van der Waals surface area contributed by atoms with Crippen LogP contribution in [0.1, 0.15) is 0 Å². The quantitative estimate of drug-likeness (QED) is 0.625. The van der Waals surface area contributed by atoms with E-state index in [0.717, 1.165) is 0 Å². The van der Waals surface area contributed by atoms with Gasteiger partial charge in [-0.15, -0.1) is 0 Å². The summed E-state index contributed by atoms with van der Waals surface area (Å²) in [4.78, 5) is 0. The molecule has 3 atom stereocenters. The van der Waals surface area contributed by atoms with Crippen LogP contribution in [-0.4, -0.2) is 39.8 Å². The Kier molecular flexibility index (Phi) is 3.52. The standard InChI is InChI=1S/C8H14O4/c1-9-6-4-5-12-8(11-3)7(6)10-2/h4-8H,1-3H3/t6-,7+,8+/m1/s1. The van der Waals surface area contributed by atoms with Crippen molar-refractivity contribution in [2.45, 2.75) is 18.5 Å². The maximum Gasteiger partial charge on any atom is 0.228 e. The molecule has 0 radical (unpaired) electrons. The van der Waals surface area contributed by atoms with Gasteiger partial charge in [-0.05, 0) is 6.08 Å². The Morgan fingerprint density at radius 3 is 2.33 bits per heavy atom. The van der Waals surface area contributed by atoms with E-state index in [9.17, 15) is 0 Å². The van der Waals surface area contributed by atoms with Crippen molar-refractivity contribution in [3.8, 4) is 0 Å². The molecule has 12 heavy (non-hydrogen) atoms. The number of rotatable bonds is 3. The molecule has 4 nitrogen and oxygen atoms in total. The minimum absolute atomic E-state index is 0.103. The molecular formula is C8H14O4. The van der Waals surface area contributed by atoms with Gasteiger partial charge in [0, 0.05) is 21.3 Å². The first-order valence-corrected chi connectivity index (χ1v) is 3.74. The molecule has 0 aromatic heterocycles. The first kappa shape index (κ1) is 9.51. The smallest absolute Gasteiger partial charge is 0.228 e. The highest BCUT2D eigenvalue weighted by Crippen LogP contribution is 2.17. The summed E-state index contributed by atoms with van der Waals surface area (Å²) < 4.78 is 20.5. The van der Waals surface area contributed by atoms with Gasteiger partial charge in [-0.2, -0.15) is 0 Å². The Morgan fingerprint density at radius 2 is 1.83 bits per heavy atom. The highest BCUT2D eigenvalue weighted by atomic mass is 16.7. The molecule has 4 heteroatoms. The van der Waals surface area contributed by atoms with Crippen molar-refractivity contribution in [1.82, 2.24) is 0 Å². The lowest BCUT2D eigenvalue weighted by atomic mass is 10.1. The first-order valence-electron chi connectivity index (χ1n) is 3.74. The fourth-order valence-electron chi connectivity index (χ4n) is 1.19. The van der Waals surface area contributed by atoms with Gasteiger partial charge >= 0.3 is 0 Å². The average Bonchev–Trinajstić information content (AvgIpc) is 2.16. The predicted molar refractivity (Wildman–Crippen MR) is 42.6 cm³/mol. The van der Waals surface area contributed by atoms with Crippen LogP contribution in [0.25, 0.3) is 0 Å². The van der Waals surface area contributed by atoms with Gasteiger partial charge < -0.3 is 18.9 Å². The number of hydrogen-bond donors (Lipinski definition) is 0. The van der Waals surface area contributed by atoms with Crippen LogP contribution in [0.4, 0.5) is 0 Å². The van der Waals surface area contributed by atoms with Crippen LogP contribution < -0.4 is 0 Å². The normalized spacial score (nSPS) is 34.8. The van der Waals surface area contributed by atoms with Crippen molar-refractivity contribution >= 4 is 0 Å². The second kappa shape index (κ2) is 4.45. The van der Waals surface area contributed by atoms with Gasteiger partial charge in [0.15, 0.2) is 0 Å². The van der Waals surface area contributed by atoms with Crippen LogP contribution in [0.2, 0.25) is 0 Å². The maximum absolute atomic E-state index is 5.17. The van der Waals surface area contributed by atoms with E-state index < -0.39 is 0 Å². The van der Waals surface area contributed by atoms with Crippen molar-refractivity contribution in [3.05, 3.63) is 12.3 Å². The third-order valence-electron chi connectivity index (χ3n) is 1.85.